The van der Waals surface area contributed by atoms with Crippen molar-refractivity contribution in [1.29, 1.82) is 0 Å². The van der Waals surface area contributed by atoms with Crippen LogP contribution in [0.25, 0.3) is 0 Å². The molecule has 2 amide bonds. The minimum atomic E-state index is -0.864. The molecule has 8 heteroatoms. The smallest absolute Gasteiger partial charge is 0.305 e. The van der Waals surface area contributed by atoms with Crippen molar-refractivity contribution < 1.29 is 28.2 Å². The van der Waals surface area contributed by atoms with Crippen LogP contribution in [-0.4, -0.2) is 42.8 Å². The Kier molecular flexibility index (Phi) is 7.92. The topological polar surface area (TPSA) is 93.7 Å². The van der Waals surface area contributed by atoms with Crippen LogP contribution in [0.2, 0.25) is 0 Å². The zero-order valence-corrected chi connectivity index (χ0v) is 16.4. The molecule has 154 valence electrons. The summed E-state index contributed by atoms with van der Waals surface area (Å²) in [5, 5.41) is 5.41. The van der Waals surface area contributed by atoms with Crippen molar-refractivity contribution in [3.63, 3.8) is 0 Å². The lowest BCUT2D eigenvalue weighted by atomic mass is 10.0. The maximum atomic E-state index is 13.9. The molecule has 1 unspecified atom stereocenters. The molecular formula is C20H27FN2O5. The number of amides is 2. The Morgan fingerprint density at radius 3 is 2.64 bits per heavy atom. The fourth-order valence-corrected chi connectivity index (χ4v) is 3.04. The van der Waals surface area contributed by atoms with E-state index < -0.39 is 42.0 Å². The average molecular weight is 394 g/mol. The summed E-state index contributed by atoms with van der Waals surface area (Å²) < 4.78 is 24.4. The van der Waals surface area contributed by atoms with Gasteiger partial charge in [-0.05, 0) is 37.3 Å². The number of hydrogen-bond donors (Lipinski definition) is 2. The van der Waals surface area contributed by atoms with Crippen LogP contribution in [0.3, 0.4) is 0 Å². The lowest BCUT2D eigenvalue weighted by Gasteiger charge is -2.32. The quantitative estimate of drug-likeness (QED) is 0.691. The second-order valence-corrected chi connectivity index (χ2v) is 7.24. The van der Waals surface area contributed by atoms with Crippen molar-refractivity contribution in [2.45, 2.75) is 58.4 Å². The number of rotatable bonds is 7. The zero-order valence-electron chi connectivity index (χ0n) is 16.4. The molecule has 2 rings (SSSR count). The van der Waals surface area contributed by atoms with E-state index in [0.29, 0.717) is 25.9 Å². The van der Waals surface area contributed by atoms with Gasteiger partial charge >= 0.3 is 5.97 Å². The Morgan fingerprint density at radius 1 is 1.29 bits per heavy atom. The summed E-state index contributed by atoms with van der Waals surface area (Å²) in [7, 11) is 0. The van der Waals surface area contributed by atoms with E-state index in [1.807, 2.05) is 13.8 Å². The molecule has 0 aliphatic carbocycles. The van der Waals surface area contributed by atoms with Gasteiger partial charge in [0.05, 0.1) is 18.2 Å². The molecule has 1 saturated heterocycles. The maximum absolute atomic E-state index is 13.9. The van der Waals surface area contributed by atoms with Crippen LogP contribution in [-0.2, 0) is 19.1 Å². The van der Waals surface area contributed by atoms with E-state index in [0.717, 1.165) is 0 Å². The average Bonchev–Trinajstić information content (AvgIpc) is 2.62. The highest BCUT2D eigenvalue weighted by atomic mass is 19.1. The molecule has 3 atom stereocenters. The SMILES string of the molecule is CC(=O)O[C@@H]1OCCC[C@@H]1NC(=O)C(CC(C)C)NC(=O)c1ccccc1F. The predicted molar refractivity (Wildman–Crippen MR) is 99.8 cm³/mol. The molecule has 7 nitrogen and oxygen atoms in total. The molecule has 0 radical (unpaired) electrons. The maximum Gasteiger partial charge on any atom is 0.305 e. The predicted octanol–water partition coefficient (Wildman–Crippen LogP) is 2.15. The van der Waals surface area contributed by atoms with Crippen molar-refractivity contribution >= 4 is 17.8 Å². The summed E-state index contributed by atoms with van der Waals surface area (Å²) in [6.45, 7) is 5.54. The molecular weight excluding hydrogens is 367 g/mol. The number of halogens is 1. The van der Waals surface area contributed by atoms with Crippen molar-refractivity contribution in [2.75, 3.05) is 6.61 Å². The van der Waals surface area contributed by atoms with Crippen molar-refractivity contribution in [3.8, 4) is 0 Å². The highest BCUT2D eigenvalue weighted by molar-refractivity contribution is 5.97. The first kappa shape index (κ1) is 21.8. The third-order valence-corrected chi connectivity index (χ3v) is 4.33. The Bertz CT molecular complexity index is 710. The van der Waals surface area contributed by atoms with Crippen LogP contribution < -0.4 is 10.6 Å². The number of ether oxygens (including phenoxy) is 2. The van der Waals surface area contributed by atoms with Gasteiger partial charge in [0.15, 0.2) is 0 Å². The van der Waals surface area contributed by atoms with E-state index in [1.54, 1.807) is 6.07 Å². The Morgan fingerprint density at radius 2 is 2.00 bits per heavy atom. The molecule has 0 bridgehead atoms. The van der Waals surface area contributed by atoms with Crippen LogP contribution in [0.5, 0.6) is 0 Å². The van der Waals surface area contributed by atoms with Crippen LogP contribution in [0.4, 0.5) is 4.39 Å². The van der Waals surface area contributed by atoms with Gasteiger partial charge in [0, 0.05) is 6.92 Å². The first-order chi connectivity index (χ1) is 13.3. The number of carbonyl (C=O) groups is 3. The fraction of sp³-hybridized carbons (Fsp3) is 0.550. The molecule has 28 heavy (non-hydrogen) atoms. The highest BCUT2D eigenvalue weighted by Crippen LogP contribution is 2.17. The van der Waals surface area contributed by atoms with Crippen LogP contribution in [0.15, 0.2) is 24.3 Å². The van der Waals surface area contributed by atoms with Crippen molar-refractivity contribution in [3.05, 3.63) is 35.6 Å². The summed E-state index contributed by atoms with van der Waals surface area (Å²) in [6, 6.07) is 4.23. The van der Waals surface area contributed by atoms with E-state index >= 15 is 0 Å². The molecule has 0 aromatic heterocycles. The van der Waals surface area contributed by atoms with Gasteiger partial charge in [0.2, 0.25) is 12.2 Å². The first-order valence-corrected chi connectivity index (χ1v) is 9.42. The Hall–Kier alpha value is -2.48. The second kappa shape index (κ2) is 10.2. The number of hydrogen-bond acceptors (Lipinski definition) is 5. The number of esters is 1. The zero-order chi connectivity index (χ0) is 20.7. The van der Waals surface area contributed by atoms with E-state index in [9.17, 15) is 18.8 Å². The molecule has 1 heterocycles. The molecule has 2 N–H and O–H groups in total. The van der Waals surface area contributed by atoms with Gasteiger partial charge < -0.3 is 20.1 Å². The van der Waals surface area contributed by atoms with E-state index in [4.69, 9.17) is 9.47 Å². The minimum Gasteiger partial charge on any atom is -0.434 e. The first-order valence-electron chi connectivity index (χ1n) is 9.42. The molecule has 1 fully saturated rings. The standard InChI is InChI=1S/C20H27FN2O5/c1-12(2)11-17(23-18(25)14-7-4-5-8-15(14)21)19(26)22-16-9-6-10-27-20(16)28-13(3)24/h4-5,7-8,12,16-17,20H,6,9-11H2,1-3H3,(H,22,26)(H,23,25)/t16-,17?,20-/m0/s1. The van der Waals surface area contributed by atoms with Crippen molar-refractivity contribution in [2.24, 2.45) is 5.92 Å². The number of carbonyl (C=O) groups excluding carboxylic acids is 3. The van der Waals surface area contributed by atoms with Crippen LogP contribution in [0, 0.1) is 11.7 Å². The van der Waals surface area contributed by atoms with Gasteiger partial charge in [-0.25, -0.2) is 4.39 Å². The van der Waals surface area contributed by atoms with Gasteiger partial charge in [-0.3, -0.25) is 14.4 Å². The van der Waals surface area contributed by atoms with Gasteiger partial charge in [-0.1, -0.05) is 26.0 Å². The normalized spacial score (nSPS) is 20.3. The molecule has 1 aliphatic heterocycles. The molecule has 1 aromatic carbocycles. The van der Waals surface area contributed by atoms with Crippen molar-refractivity contribution in [1.82, 2.24) is 10.6 Å². The molecule has 0 spiro atoms. The van der Waals surface area contributed by atoms with Crippen LogP contribution in [0.1, 0.15) is 50.4 Å². The van der Waals surface area contributed by atoms with Gasteiger partial charge in [0.1, 0.15) is 11.9 Å². The van der Waals surface area contributed by atoms with Crippen LogP contribution >= 0.6 is 0 Å². The molecule has 1 aliphatic rings. The van der Waals surface area contributed by atoms with E-state index in [1.165, 1.54) is 25.1 Å². The molecule has 0 saturated carbocycles. The largest absolute Gasteiger partial charge is 0.434 e. The summed E-state index contributed by atoms with van der Waals surface area (Å²) in [5.74, 6) is -2.12. The molecule has 1 aromatic rings. The Balaban J connectivity index is 2.08. The minimum absolute atomic E-state index is 0.114. The number of benzene rings is 1. The summed E-state index contributed by atoms with van der Waals surface area (Å²) in [4.78, 5) is 36.5. The van der Waals surface area contributed by atoms with Gasteiger partial charge in [0.25, 0.3) is 5.91 Å². The van der Waals surface area contributed by atoms with E-state index in [-0.39, 0.29) is 11.5 Å². The summed E-state index contributed by atoms with van der Waals surface area (Å²) in [6.07, 6.45) is 0.799. The van der Waals surface area contributed by atoms with E-state index in [2.05, 4.69) is 10.6 Å². The monoisotopic (exact) mass is 394 g/mol. The fourth-order valence-electron chi connectivity index (χ4n) is 3.04. The Labute approximate surface area is 164 Å². The lowest BCUT2D eigenvalue weighted by molar-refractivity contribution is -0.192. The van der Waals surface area contributed by atoms with Gasteiger partial charge in [-0.2, -0.15) is 0 Å². The third-order valence-electron chi connectivity index (χ3n) is 4.33. The second-order valence-electron chi connectivity index (χ2n) is 7.24. The lowest BCUT2D eigenvalue weighted by Crippen LogP contribution is -2.55. The summed E-state index contributed by atoms with van der Waals surface area (Å²) in [5.41, 5.74) is -0.122. The highest BCUT2D eigenvalue weighted by Gasteiger charge is 2.32. The summed E-state index contributed by atoms with van der Waals surface area (Å²) >= 11 is 0. The third kappa shape index (κ3) is 6.30. The number of nitrogens with one attached hydrogen (secondary N) is 2. The van der Waals surface area contributed by atoms with Gasteiger partial charge in [-0.15, -0.1) is 0 Å².